The maximum absolute atomic E-state index is 12.6. The molecule has 1 saturated heterocycles. The van der Waals surface area contributed by atoms with Gasteiger partial charge in [0.1, 0.15) is 6.04 Å². The summed E-state index contributed by atoms with van der Waals surface area (Å²) in [7, 11) is 0. The summed E-state index contributed by atoms with van der Waals surface area (Å²) < 4.78 is 37.7. The monoisotopic (exact) mass is 281 g/mol. The first-order chi connectivity index (χ1) is 8.93. The molecule has 0 radical (unpaired) electrons. The summed E-state index contributed by atoms with van der Waals surface area (Å²) in [5, 5.41) is 7.91. The minimum absolute atomic E-state index is 0.143. The van der Waals surface area contributed by atoms with E-state index in [0.29, 0.717) is 25.9 Å². The van der Waals surface area contributed by atoms with E-state index in [1.54, 1.807) is 0 Å². The number of carbonyl (C=O) groups is 1. The van der Waals surface area contributed by atoms with Gasteiger partial charge < -0.3 is 16.0 Å². The van der Waals surface area contributed by atoms with Crippen LogP contribution in [0, 0.1) is 0 Å². The molecule has 0 aromatic heterocycles. The summed E-state index contributed by atoms with van der Waals surface area (Å²) in [6.45, 7) is 2.94. The van der Waals surface area contributed by atoms with Crippen molar-refractivity contribution in [1.82, 2.24) is 16.0 Å². The highest BCUT2D eigenvalue weighted by Crippen LogP contribution is 2.28. The van der Waals surface area contributed by atoms with Gasteiger partial charge in [-0.05, 0) is 25.7 Å². The summed E-state index contributed by atoms with van der Waals surface area (Å²) in [4.78, 5) is 11.2. The van der Waals surface area contributed by atoms with Gasteiger partial charge in [-0.2, -0.15) is 13.2 Å². The first-order valence-electron chi connectivity index (χ1n) is 6.78. The van der Waals surface area contributed by atoms with E-state index in [2.05, 4.69) is 16.0 Å². The molecule has 1 aliphatic heterocycles. The van der Waals surface area contributed by atoms with Crippen molar-refractivity contribution in [2.24, 2.45) is 0 Å². The summed E-state index contributed by atoms with van der Waals surface area (Å²) in [6, 6.07) is -1.84. The van der Waals surface area contributed by atoms with Crippen LogP contribution in [-0.2, 0) is 0 Å². The Labute approximate surface area is 111 Å². The number of rotatable bonds is 5. The Morgan fingerprint density at radius 1 is 1.26 bits per heavy atom. The van der Waals surface area contributed by atoms with Crippen molar-refractivity contribution < 1.29 is 18.0 Å². The van der Waals surface area contributed by atoms with Crippen molar-refractivity contribution >= 4 is 6.03 Å². The van der Waals surface area contributed by atoms with Gasteiger partial charge in [0.15, 0.2) is 0 Å². The Balaban J connectivity index is 2.20. The van der Waals surface area contributed by atoms with Crippen molar-refractivity contribution in [3.05, 3.63) is 0 Å². The van der Waals surface area contributed by atoms with Crippen molar-refractivity contribution in [3.8, 4) is 0 Å². The standard InChI is InChI=1S/C12H22F3N3O/c1-2-7-16-11(19)17-8-6-9-4-3-5-10(18-9)12(13,14)15/h9-10,18H,2-8H2,1H3,(H2,16,17,19). The number of urea groups is 1. The molecule has 1 heterocycles. The number of hydrogen-bond acceptors (Lipinski definition) is 2. The van der Waals surface area contributed by atoms with Crippen LogP contribution in [0.3, 0.4) is 0 Å². The van der Waals surface area contributed by atoms with E-state index >= 15 is 0 Å². The molecule has 3 N–H and O–H groups in total. The number of carbonyl (C=O) groups excluding carboxylic acids is 1. The molecule has 0 spiro atoms. The Morgan fingerprint density at radius 3 is 2.58 bits per heavy atom. The lowest BCUT2D eigenvalue weighted by atomic mass is 9.96. The third kappa shape index (κ3) is 6.13. The first kappa shape index (κ1) is 16.1. The molecule has 0 saturated carbocycles. The highest BCUT2D eigenvalue weighted by atomic mass is 19.4. The van der Waals surface area contributed by atoms with Gasteiger partial charge in [-0.15, -0.1) is 0 Å². The highest BCUT2D eigenvalue weighted by molar-refractivity contribution is 5.73. The van der Waals surface area contributed by atoms with E-state index in [1.165, 1.54) is 0 Å². The van der Waals surface area contributed by atoms with Crippen LogP contribution in [0.25, 0.3) is 0 Å². The van der Waals surface area contributed by atoms with Crippen LogP contribution in [0.2, 0.25) is 0 Å². The molecule has 2 unspecified atom stereocenters. The lowest BCUT2D eigenvalue weighted by Gasteiger charge is -2.32. The Morgan fingerprint density at radius 2 is 1.95 bits per heavy atom. The van der Waals surface area contributed by atoms with Crippen LogP contribution in [0.15, 0.2) is 0 Å². The molecular weight excluding hydrogens is 259 g/mol. The van der Waals surface area contributed by atoms with Crippen molar-refractivity contribution in [1.29, 1.82) is 0 Å². The lowest BCUT2D eigenvalue weighted by molar-refractivity contribution is -0.163. The zero-order valence-corrected chi connectivity index (χ0v) is 11.1. The van der Waals surface area contributed by atoms with E-state index < -0.39 is 12.2 Å². The van der Waals surface area contributed by atoms with Gasteiger partial charge in [0.25, 0.3) is 0 Å². The predicted molar refractivity (Wildman–Crippen MR) is 66.9 cm³/mol. The molecule has 0 aromatic carbocycles. The van der Waals surface area contributed by atoms with Crippen LogP contribution in [0.1, 0.15) is 39.0 Å². The van der Waals surface area contributed by atoms with Crippen LogP contribution in [-0.4, -0.2) is 37.4 Å². The van der Waals surface area contributed by atoms with Crippen LogP contribution in [0.4, 0.5) is 18.0 Å². The molecule has 19 heavy (non-hydrogen) atoms. The summed E-state index contributed by atoms with van der Waals surface area (Å²) >= 11 is 0. The molecule has 1 fully saturated rings. The third-order valence-corrected chi connectivity index (χ3v) is 3.19. The fraction of sp³-hybridized carbons (Fsp3) is 0.917. The molecule has 1 rings (SSSR count). The number of nitrogens with one attached hydrogen (secondary N) is 3. The molecule has 1 aliphatic rings. The number of halogens is 3. The van der Waals surface area contributed by atoms with Gasteiger partial charge >= 0.3 is 12.2 Å². The summed E-state index contributed by atoms with van der Waals surface area (Å²) in [5.41, 5.74) is 0. The third-order valence-electron chi connectivity index (χ3n) is 3.19. The molecule has 0 bridgehead atoms. The smallest absolute Gasteiger partial charge is 0.338 e. The zero-order valence-electron chi connectivity index (χ0n) is 11.1. The van der Waals surface area contributed by atoms with Crippen LogP contribution in [0.5, 0.6) is 0 Å². The first-order valence-corrected chi connectivity index (χ1v) is 6.78. The quantitative estimate of drug-likeness (QED) is 0.723. The average molecular weight is 281 g/mol. The molecule has 2 amide bonds. The number of alkyl halides is 3. The Hall–Kier alpha value is -0.980. The Kier molecular flexibility index (Phi) is 6.41. The highest BCUT2D eigenvalue weighted by Gasteiger charge is 2.41. The number of piperidine rings is 1. The maximum atomic E-state index is 12.6. The van der Waals surface area contributed by atoms with Crippen molar-refractivity contribution in [2.75, 3.05) is 13.1 Å². The zero-order chi connectivity index (χ0) is 14.3. The lowest BCUT2D eigenvalue weighted by Crippen LogP contribution is -2.51. The topological polar surface area (TPSA) is 53.2 Å². The molecule has 7 heteroatoms. The normalized spacial score (nSPS) is 24.0. The molecule has 4 nitrogen and oxygen atoms in total. The number of hydrogen-bond donors (Lipinski definition) is 3. The maximum Gasteiger partial charge on any atom is 0.403 e. The van der Waals surface area contributed by atoms with Gasteiger partial charge in [0, 0.05) is 19.1 Å². The molecule has 0 aromatic rings. The van der Waals surface area contributed by atoms with Crippen LogP contribution >= 0.6 is 0 Å². The minimum atomic E-state index is -4.18. The van der Waals surface area contributed by atoms with Crippen LogP contribution < -0.4 is 16.0 Å². The Bertz CT molecular complexity index is 284. The van der Waals surface area contributed by atoms with E-state index in [0.717, 1.165) is 12.8 Å². The fourth-order valence-electron chi connectivity index (χ4n) is 2.17. The second-order valence-corrected chi connectivity index (χ2v) is 4.86. The number of amides is 2. The molecule has 112 valence electrons. The molecule has 0 aliphatic carbocycles. The summed E-state index contributed by atoms with van der Waals surface area (Å²) in [6.07, 6.45) is -1.36. The summed E-state index contributed by atoms with van der Waals surface area (Å²) in [5.74, 6) is 0. The van der Waals surface area contributed by atoms with E-state index in [4.69, 9.17) is 0 Å². The minimum Gasteiger partial charge on any atom is -0.338 e. The van der Waals surface area contributed by atoms with E-state index in [1.807, 2.05) is 6.92 Å². The molecule has 2 atom stereocenters. The second-order valence-electron chi connectivity index (χ2n) is 4.86. The van der Waals surface area contributed by atoms with Gasteiger partial charge in [-0.3, -0.25) is 0 Å². The van der Waals surface area contributed by atoms with Crippen molar-refractivity contribution in [3.63, 3.8) is 0 Å². The second kappa shape index (κ2) is 7.57. The van der Waals surface area contributed by atoms with Gasteiger partial charge in [-0.25, -0.2) is 4.79 Å². The predicted octanol–water partition coefficient (Wildman–Crippen LogP) is 2.16. The average Bonchev–Trinajstić information content (AvgIpc) is 2.36. The molecular formula is C12H22F3N3O. The van der Waals surface area contributed by atoms with Gasteiger partial charge in [0.2, 0.25) is 0 Å². The van der Waals surface area contributed by atoms with Gasteiger partial charge in [-0.1, -0.05) is 13.3 Å². The fourth-order valence-corrected chi connectivity index (χ4v) is 2.17. The van der Waals surface area contributed by atoms with E-state index in [9.17, 15) is 18.0 Å². The van der Waals surface area contributed by atoms with E-state index in [-0.39, 0.29) is 18.5 Å². The SMILES string of the molecule is CCCNC(=O)NCCC1CCCC(C(F)(F)F)N1. The largest absolute Gasteiger partial charge is 0.403 e. The van der Waals surface area contributed by atoms with Crippen molar-refractivity contribution in [2.45, 2.75) is 57.3 Å². The van der Waals surface area contributed by atoms with Gasteiger partial charge in [0.05, 0.1) is 0 Å².